The molecule has 1 aromatic rings. The van der Waals surface area contributed by atoms with Gasteiger partial charge in [-0.25, -0.2) is 13.6 Å². The van der Waals surface area contributed by atoms with Crippen LogP contribution in [0.1, 0.15) is 59.9 Å². The van der Waals surface area contributed by atoms with Gasteiger partial charge in [0.15, 0.2) is 0 Å². The summed E-state index contributed by atoms with van der Waals surface area (Å²) < 4.78 is 25.8. The number of carboxylic acid groups (broad SMARTS) is 1. The van der Waals surface area contributed by atoms with Crippen LogP contribution < -0.4 is 0 Å². The van der Waals surface area contributed by atoms with Crippen LogP contribution in [-0.2, 0) is 15.0 Å². The molecule has 1 aromatic carbocycles. The number of carboxylic acids is 1. The molecule has 25 heavy (non-hydrogen) atoms. The molecule has 2 rings (SSSR count). The molecule has 6 heteroatoms. The van der Waals surface area contributed by atoms with Gasteiger partial charge in [-0.15, -0.1) is 0 Å². The minimum atomic E-state index is -0.902. The van der Waals surface area contributed by atoms with E-state index in [-0.39, 0.29) is 23.0 Å². The quantitative estimate of drug-likeness (QED) is 0.824. The van der Waals surface area contributed by atoms with E-state index in [0.717, 1.165) is 12.1 Å². The lowest BCUT2D eigenvalue weighted by Crippen LogP contribution is -2.49. The molecule has 1 amide bonds. The van der Waals surface area contributed by atoms with E-state index >= 15 is 0 Å². The number of hydrogen-bond donors (Lipinski definition) is 1. The number of likely N-dealkylation sites (tertiary alicyclic amines) is 1. The molecular formula is C19H27F2NO3. The molecule has 1 atom stereocenters. The van der Waals surface area contributed by atoms with Gasteiger partial charge in [0.1, 0.15) is 17.7 Å². The highest BCUT2D eigenvalue weighted by Gasteiger charge is 2.41. The molecule has 0 radical (unpaired) electrons. The predicted octanol–water partition coefficient (Wildman–Crippen LogP) is 4.12. The summed E-state index contributed by atoms with van der Waals surface area (Å²) in [5.74, 6) is -1.69. The lowest BCUT2D eigenvalue weighted by molar-refractivity contribution is -0.149. The average Bonchev–Trinajstić information content (AvgIpc) is 2.83. The van der Waals surface area contributed by atoms with Crippen LogP contribution in [0.25, 0.3) is 0 Å². The standard InChI is InChI=1S/C10H12F2.C9H15NO3/c1-10(2,3)8-6-7(11)4-5-9(8)12;1-9(2,3)10-6(8(12)13)4-5-7(10)11/h4-6H,1-3H3;6H,4-5H2,1-3H3,(H,12,13)/t;6-/m.1/s1. The number of nitrogens with zero attached hydrogens (tertiary/aromatic N) is 1. The summed E-state index contributed by atoms with van der Waals surface area (Å²) in [6.45, 7) is 11.1. The Hall–Kier alpha value is -1.98. The van der Waals surface area contributed by atoms with Crippen LogP contribution in [0, 0.1) is 11.6 Å². The number of carbonyl (C=O) groups is 2. The van der Waals surface area contributed by atoms with Gasteiger partial charge in [-0.3, -0.25) is 4.79 Å². The zero-order valence-corrected chi connectivity index (χ0v) is 15.7. The number of benzene rings is 1. The highest BCUT2D eigenvalue weighted by atomic mass is 19.1. The largest absolute Gasteiger partial charge is 0.480 e. The maximum absolute atomic E-state index is 13.1. The Balaban J connectivity index is 0.000000251. The Morgan fingerprint density at radius 1 is 1.16 bits per heavy atom. The summed E-state index contributed by atoms with van der Waals surface area (Å²) in [5, 5.41) is 8.87. The van der Waals surface area contributed by atoms with Crippen LogP contribution in [0.2, 0.25) is 0 Å². The smallest absolute Gasteiger partial charge is 0.326 e. The van der Waals surface area contributed by atoms with Crippen molar-refractivity contribution >= 4 is 11.9 Å². The molecule has 1 aliphatic rings. The lowest BCUT2D eigenvalue weighted by Gasteiger charge is -2.35. The van der Waals surface area contributed by atoms with E-state index in [9.17, 15) is 18.4 Å². The first-order valence-corrected chi connectivity index (χ1v) is 8.25. The first-order valence-electron chi connectivity index (χ1n) is 8.25. The van der Waals surface area contributed by atoms with Crippen LogP contribution in [0.3, 0.4) is 0 Å². The Labute approximate surface area is 147 Å². The van der Waals surface area contributed by atoms with Crippen molar-refractivity contribution in [1.29, 1.82) is 0 Å². The molecule has 1 N–H and O–H groups in total. The second kappa shape index (κ2) is 7.50. The molecule has 1 heterocycles. The third kappa shape index (κ3) is 5.51. The van der Waals surface area contributed by atoms with Crippen molar-refractivity contribution in [2.45, 2.75) is 71.4 Å². The number of amides is 1. The van der Waals surface area contributed by atoms with Gasteiger partial charge < -0.3 is 10.0 Å². The summed E-state index contributed by atoms with van der Waals surface area (Å²) in [4.78, 5) is 23.7. The fraction of sp³-hybridized carbons (Fsp3) is 0.579. The number of aliphatic carboxylic acids is 1. The van der Waals surface area contributed by atoms with E-state index < -0.39 is 17.6 Å². The predicted molar refractivity (Wildman–Crippen MR) is 92.3 cm³/mol. The van der Waals surface area contributed by atoms with Crippen LogP contribution >= 0.6 is 0 Å². The van der Waals surface area contributed by atoms with Crippen molar-refractivity contribution in [3.8, 4) is 0 Å². The van der Waals surface area contributed by atoms with E-state index in [0.29, 0.717) is 18.4 Å². The summed E-state index contributed by atoms with van der Waals surface area (Å²) in [7, 11) is 0. The number of hydrogen-bond acceptors (Lipinski definition) is 2. The van der Waals surface area contributed by atoms with Gasteiger partial charge in [0.2, 0.25) is 5.91 Å². The lowest BCUT2D eigenvalue weighted by atomic mass is 9.87. The van der Waals surface area contributed by atoms with Crippen molar-refractivity contribution in [2.24, 2.45) is 0 Å². The van der Waals surface area contributed by atoms with Gasteiger partial charge >= 0.3 is 5.97 Å². The summed E-state index contributed by atoms with van der Waals surface area (Å²) in [5.41, 5.74) is -0.314. The van der Waals surface area contributed by atoms with Crippen LogP contribution in [-0.4, -0.2) is 33.5 Å². The second-order valence-corrected chi connectivity index (χ2v) is 8.20. The Morgan fingerprint density at radius 3 is 2.08 bits per heavy atom. The maximum Gasteiger partial charge on any atom is 0.326 e. The molecule has 1 aliphatic heterocycles. The van der Waals surface area contributed by atoms with E-state index in [4.69, 9.17) is 5.11 Å². The second-order valence-electron chi connectivity index (χ2n) is 8.20. The zero-order valence-electron chi connectivity index (χ0n) is 15.7. The molecule has 1 fully saturated rings. The van der Waals surface area contributed by atoms with Gasteiger partial charge in [0.05, 0.1) is 0 Å². The van der Waals surface area contributed by atoms with Gasteiger partial charge in [-0.2, -0.15) is 0 Å². The van der Waals surface area contributed by atoms with Crippen LogP contribution in [0.5, 0.6) is 0 Å². The van der Waals surface area contributed by atoms with Crippen molar-refractivity contribution in [2.75, 3.05) is 0 Å². The molecule has 0 saturated carbocycles. The highest BCUT2D eigenvalue weighted by molar-refractivity contribution is 5.87. The number of halogens is 2. The van der Waals surface area contributed by atoms with Gasteiger partial charge in [-0.05, 0) is 56.4 Å². The fourth-order valence-electron chi connectivity index (χ4n) is 2.83. The van der Waals surface area contributed by atoms with Gasteiger partial charge in [0.25, 0.3) is 0 Å². The first-order chi connectivity index (χ1) is 11.2. The molecular weight excluding hydrogens is 328 g/mol. The van der Waals surface area contributed by atoms with E-state index in [1.807, 2.05) is 41.5 Å². The normalized spacial score (nSPS) is 18.0. The summed E-state index contributed by atoms with van der Waals surface area (Å²) in [6, 6.07) is 2.91. The third-order valence-electron chi connectivity index (χ3n) is 3.96. The molecule has 0 bridgehead atoms. The van der Waals surface area contributed by atoms with E-state index in [1.54, 1.807) is 0 Å². The van der Waals surface area contributed by atoms with Crippen molar-refractivity contribution < 1.29 is 23.5 Å². The van der Waals surface area contributed by atoms with Gasteiger partial charge in [0, 0.05) is 12.0 Å². The Kier molecular flexibility index (Phi) is 6.32. The molecule has 0 aromatic heterocycles. The molecule has 4 nitrogen and oxygen atoms in total. The molecule has 140 valence electrons. The first kappa shape index (κ1) is 21.1. The van der Waals surface area contributed by atoms with Crippen LogP contribution in [0.15, 0.2) is 18.2 Å². The Morgan fingerprint density at radius 2 is 1.72 bits per heavy atom. The van der Waals surface area contributed by atoms with Crippen LogP contribution in [0.4, 0.5) is 8.78 Å². The third-order valence-corrected chi connectivity index (χ3v) is 3.96. The topological polar surface area (TPSA) is 57.6 Å². The van der Waals surface area contributed by atoms with E-state index in [2.05, 4.69) is 0 Å². The summed E-state index contributed by atoms with van der Waals surface area (Å²) >= 11 is 0. The highest BCUT2D eigenvalue weighted by Crippen LogP contribution is 2.27. The SMILES string of the molecule is CC(C)(C)N1C(=O)CC[C@@H]1C(=O)O.CC(C)(C)c1cc(F)ccc1F. The molecule has 1 saturated heterocycles. The minimum Gasteiger partial charge on any atom is -0.480 e. The summed E-state index contributed by atoms with van der Waals surface area (Å²) in [6.07, 6.45) is 0.791. The fourth-order valence-corrected chi connectivity index (χ4v) is 2.83. The van der Waals surface area contributed by atoms with Crippen molar-refractivity contribution in [3.63, 3.8) is 0 Å². The average molecular weight is 355 g/mol. The maximum atomic E-state index is 13.1. The Bertz CT molecular complexity index is 645. The minimum absolute atomic E-state index is 0.0556. The number of rotatable bonds is 1. The zero-order chi connectivity index (χ0) is 19.6. The van der Waals surface area contributed by atoms with Crippen molar-refractivity contribution in [1.82, 2.24) is 4.90 Å². The van der Waals surface area contributed by atoms with Crippen molar-refractivity contribution in [3.05, 3.63) is 35.4 Å². The molecule has 0 unspecified atom stereocenters. The van der Waals surface area contributed by atoms with E-state index in [1.165, 1.54) is 11.0 Å². The molecule has 0 spiro atoms. The monoisotopic (exact) mass is 355 g/mol. The van der Waals surface area contributed by atoms with Gasteiger partial charge in [-0.1, -0.05) is 20.8 Å². The molecule has 0 aliphatic carbocycles. The number of carbonyl (C=O) groups excluding carboxylic acids is 1.